The summed E-state index contributed by atoms with van der Waals surface area (Å²) in [6.45, 7) is 2.06. The molecule has 2 aromatic carbocycles. The van der Waals surface area contributed by atoms with E-state index < -0.39 is 5.82 Å². The first-order chi connectivity index (χ1) is 8.58. The third-order valence-electron chi connectivity index (χ3n) is 3.07. The van der Waals surface area contributed by atoms with Crippen molar-refractivity contribution in [3.05, 3.63) is 70.0 Å². The van der Waals surface area contributed by atoms with Gasteiger partial charge in [0, 0.05) is 6.04 Å². The van der Waals surface area contributed by atoms with Gasteiger partial charge in [0.1, 0.15) is 5.82 Å². The van der Waals surface area contributed by atoms with Crippen molar-refractivity contribution in [2.45, 2.75) is 19.4 Å². The topological polar surface area (TPSA) is 26.0 Å². The predicted octanol–water partition coefficient (Wildman–Crippen LogP) is 4.03. The van der Waals surface area contributed by atoms with Crippen molar-refractivity contribution >= 4 is 11.6 Å². The van der Waals surface area contributed by atoms with Crippen molar-refractivity contribution in [3.63, 3.8) is 0 Å². The zero-order chi connectivity index (χ0) is 13.1. The smallest absolute Gasteiger partial charge is 0.141 e. The molecule has 0 fully saturated rings. The highest BCUT2D eigenvalue weighted by atomic mass is 35.5. The largest absolute Gasteiger partial charge is 0.324 e. The Balaban J connectivity index is 2.19. The quantitative estimate of drug-likeness (QED) is 0.889. The van der Waals surface area contributed by atoms with E-state index in [9.17, 15) is 4.39 Å². The molecule has 0 aliphatic carbocycles. The Morgan fingerprint density at radius 2 is 1.94 bits per heavy atom. The predicted molar refractivity (Wildman–Crippen MR) is 73.2 cm³/mol. The Bertz CT molecular complexity index is 554. The number of benzene rings is 2. The fraction of sp³-hybridized carbons (Fsp3) is 0.200. The van der Waals surface area contributed by atoms with Gasteiger partial charge in [0.25, 0.3) is 0 Å². The SMILES string of the molecule is Cc1ccccc1CC(N)c1ccc(F)c(Cl)c1. The molecule has 1 nitrogen and oxygen atoms in total. The highest BCUT2D eigenvalue weighted by Crippen LogP contribution is 2.23. The normalized spacial score (nSPS) is 12.4. The molecule has 0 heterocycles. The summed E-state index contributed by atoms with van der Waals surface area (Å²) >= 11 is 5.76. The number of halogens is 2. The molecule has 2 aromatic rings. The van der Waals surface area contributed by atoms with Gasteiger partial charge in [-0.2, -0.15) is 0 Å². The van der Waals surface area contributed by atoms with Crippen LogP contribution in [0.3, 0.4) is 0 Å². The van der Waals surface area contributed by atoms with Crippen molar-refractivity contribution in [2.75, 3.05) is 0 Å². The molecule has 2 N–H and O–H groups in total. The first kappa shape index (κ1) is 13.1. The van der Waals surface area contributed by atoms with Crippen LogP contribution in [0.25, 0.3) is 0 Å². The van der Waals surface area contributed by atoms with Crippen molar-refractivity contribution < 1.29 is 4.39 Å². The molecule has 0 aliphatic heterocycles. The summed E-state index contributed by atoms with van der Waals surface area (Å²) in [7, 11) is 0. The Morgan fingerprint density at radius 1 is 1.22 bits per heavy atom. The Hall–Kier alpha value is -1.38. The number of hydrogen-bond acceptors (Lipinski definition) is 1. The van der Waals surface area contributed by atoms with Gasteiger partial charge in [0.15, 0.2) is 0 Å². The van der Waals surface area contributed by atoms with Gasteiger partial charge < -0.3 is 5.73 Å². The molecule has 0 spiro atoms. The molecule has 1 atom stereocenters. The molecule has 0 radical (unpaired) electrons. The minimum atomic E-state index is -0.413. The molecule has 1 unspecified atom stereocenters. The Kier molecular flexibility index (Phi) is 4.00. The van der Waals surface area contributed by atoms with Gasteiger partial charge in [-0.3, -0.25) is 0 Å². The second-order valence-corrected chi connectivity index (χ2v) is 4.82. The number of rotatable bonds is 3. The van der Waals surface area contributed by atoms with E-state index in [0.717, 1.165) is 5.56 Å². The summed E-state index contributed by atoms with van der Waals surface area (Å²) in [5.74, 6) is -0.413. The van der Waals surface area contributed by atoms with Crippen LogP contribution < -0.4 is 5.73 Å². The molecular formula is C15H15ClFN. The maximum atomic E-state index is 13.1. The summed E-state index contributed by atoms with van der Waals surface area (Å²) in [4.78, 5) is 0. The van der Waals surface area contributed by atoms with Crippen LogP contribution in [0.2, 0.25) is 5.02 Å². The molecule has 94 valence electrons. The first-order valence-corrected chi connectivity index (χ1v) is 6.21. The standard InChI is InChI=1S/C15H15ClFN/c1-10-4-2-3-5-11(10)9-15(18)12-6-7-14(17)13(16)8-12/h2-8,15H,9,18H2,1H3. The van der Waals surface area contributed by atoms with Crippen LogP contribution in [0.4, 0.5) is 4.39 Å². The molecule has 0 saturated carbocycles. The summed E-state index contributed by atoms with van der Waals surface area (Å²) in [5, 5.41) is 0.118. The van der Waals surface area contributed by atoms with E-state index in [4.69, 9.17) is 17.3 Å². The Morgan fingerprint density at radius 3 is 2.61 bits per heavy atom. The molecule has 18 heavy (non-hydrogen) atoms. The van der Waals surface area contributed by atoms with Crippen LogP contribution in [0.15, 0.2) is 42.5 Å². The molecule has 3 heteroatoms. The molecule has 0 aliphatic rings. The monoisotopic (exact) mass is 263 g/mol. The zero-order valence-corrected chi connectivity index (χ0v) is 10.9. The second-order valence-electron chi connectivity index (χ2n) is 4.41. The third kappa shape index (κ3) is 2.89. The van der Waals surface area contributed by atoms with E-state index in [-0.39, 0.29) is 11.1 Å². The van der Waals surface area contributed by atoms with Crippen LogP contribution >= 0.6 is 11.6 Å². The van der Waals surface area contributed by atoms with E-state index in [1.807, 2.05) is 12.1 Å². The van der Waals surface area contributed by atoms with Gasteiger partial charge in [-0.25, -0.2) is 4.39 Å². The molecule has 0 aromatic heterocycles. The van der Waals surface area contributed by atoms with Crippen LogP contribution in [-0.4, -0.2) is 0 Å². The molecular weight excluding hydrogens is 249 g/mol. The lowest BCUT2D eigenvalue weighted by atomic mass is 9.97. The van der Waals surface area contributed by atoms with E-state index in [0.29, 0.717) is 6.42 Å². The summed E-state index contributed by atoms with van der Waals surface area (Å²) in [6.07, 6.45) is 0.717. The van der Waals surface area contributed by atoms with Crippen molar-refractivity contribution in [1.82, 2.24) is 0 Å². The Labute approximate surface area is 111 Å². The highest BCUT2D eigenvalue weighted by Gasteiger charge is 2.10. The number of nitrogens with two attached hydrogens (primary N) is 1. The fourth-order valence-electron chi connectivity index (χ4n) is 1.94. The second kappa shape index (κ2) is 5.51. The van der Waals surface area contributed by atoms with Gasteiger partial charge >= 0.3 is 0 Å². The highest BCUT2D eigenvalue weighted by molar-refractivity contribution is 6.30. The summed E-state index contributed by atoms with van der Waals surface area (Å²) in [6, 6.07) is 12.6. The molecule has 0 amide bonds. The molecule has 0 bridgehead atoms. The molecule has 2 rings (SSSR count). The van der Waals surface area contributed by atoms with Crippen molar-refractivity contribution in [1.29, 1.82) is 0 Å². The van der Waals surface area contributed by atoms with Gasteiger partial charge in [-0.05, 0) is 42.2 Å². The van der Waals surface area contributed by atoms with Crippen LogP contribution in [-0.2, 0) is 6.42 Å². The maximum absolute atomic E-state index is 13.1. The lowest BCUT2D eigenvalue weighted by Crippen LogP contribution is -2.14. The van der Waals surface area contributed by atoms with E-state index in [1.54, 1.807) is 12.1 Å². The van der Waals surface area contributed by atoms with Crippen molar-refractivity contribution in [3.8, 4) is 0 Å². The van der Waals surface area contributed by atoms with Crippen LogP contribution in [0.5, 0.6) is 0 Å². The van der Waals surface area contributed by atoms with Gasteiger partial charge in [0.2, 0.25) is 0 Å². The van der Waals surface area contributed by atoms with Crippen LogP contribution in [0, 0.1) is 12.7 Å². The van der Waals surface area contributed by atoms with Crippen LogP contribution in [0.1, 0.15) is 22.7 Å². The van der Waals surface area contributed by atoms with E-state index in [2.05, 4.69) is 19.1 Å². The third-order valence-corrected chi connectivity index (χ3v) is 3.36. The lowest BCUT2D eigenvalue weighted by Gasteiger charge is -2.14. The van der Waals surface area contributed by atoms with Gasteiger partial charge in [-0.1, -0.05) is 41.9 Å². The maximum Gasteiger partial charge on any atom is 0.141 e. The van der Waals surface area contributed by atoms with E-state index >= 15 is 0 Å². The fourth-order valence-corrected chi connectivity index (χ4v) is 2.13. The van der Waals surface area contributed by atoms with Gasteiger partial charge in [-0.15, -0.1) is 0 Å². The number of aryl methyl sites for hydroxylation is 1. The summed E-state index contributed by atoms with van der Waals surface area (Å²) < 4.78 is 13.1. The number of hydrogen-bond donors (Lipinski definition) is 1. The average molecular weight is 264 g/mol. The average Bonchev–Trinajstić information content (AvgIpc) is 2.35. The first-order valence-electron chi connectivity index (χ1n) is 5.83. The van der Waals surface area contributed by atoms with E-state index in [1.165, 1.54) is 17.2 Å². The lowest BCUT2D eigenvalue weighted by molar-refractivity contribution is 0.625. The zero-order valence-electron chi connectivity index (χ0n) is 10.2. The molecule has 0 saturated heterocycles. The minimum Gasteiger partial charge on any atom is -0.324 e. The summed E-state index contributed by atoms with van der Waals surface area (Å²) in [5.41, 5.74) is 9.39. The van der Waals surface area contributed by atoms with Gasteiger partial charge in [0.05, 0.1) is 5.02 Å². The minimum absolute atomic E-state index is 0.118. The van der Waals surface area contributed by atoms with Crippen molar-refractivity contribution in [2.24, 2.45) is 5.73 Å².